The standard InChI is InChI=1S/C13H13NO4/c1-14(2)7-10(16)12-9(15)5-3-8-4-6-11(17)18-13(8)12/h3-6,15H,7H2,1-2H3. The number of Topliss-reactive ketones (excluding diaryl/α,β-unsaturated/α-hetero) is 1. The van der Waals surface area contributed by atoms with Gasteiger partial charge in [-0.15, -0.1) is 0 Å². The number of benzene rings is 1. The molecule has 0 aliphatic heterocycles. The molecule has 1 heterocycles. The Morgan fingerprint density at radius 1 is 1.28 bits per heavy atom. The first-order valence-corrected chi connectivity index (χ1v) is 5.43. The van der Waals surface area contributed by atoms with Crippen LogP contribution in [0.1, 0.15) is 10.4 Å². The molecule has 18 heavy (non-hydrogen) atoms. The minimum atomic E-state index is -0.549. The van der Waals surface area contributed by atoms with E-state index in [4.69, 9.17) is 4.42 Å². The molecule has 0 aliphatic rings. The Morgan fingerprint density at radius 2 is 1.94 bits per heavy atom. The van der Waals surface area contributed by atoms with Crippen molar-refractivity contribution in [3.63, 3.8) is 0 Å². The van der Waals surface area contributed by atoms with Crippen LogP contribution in [-0.4, -0.2) is 36.4 Å². The molecular weight excluding hydrogens is 234 g/mol. The zero-order chi connectivity index (χ0) is 13.3. The second-order valence-electron chi connectivity index (χ2n) is 4.29. The van der Waals surface area contributed by atoms with Crippen molar-refractivity contribution < 1.29 is 14.3 Å². The number of hydrogen-bond acceptors (Lipinski definition) is 5. The van der Waals surface area contributed by atoms with E-state index in [1.165, 1.54) is 12.1 Å². The van der Waals surface area contributed by atoms with Gasteiger partial charge in [0.2, 0.25) is 0 Å². The number of fused-ring (bicyclic) bond motifs is 1. The molecule has 0 aliphatic carbocycles. The fourth-order valence-corrected chi connectivity index (χ4v) is 1.76. The third kappa shape index (κ3) is 2.26. The highest BCUT2D eigenvalue weighted by Gasteiger charge is 2.18. The molecule has 94 valence electrons. The van der Waals surface area contributed by atoms with E-state index in [-0.39, 0.29) is 29.2 Å². The summed E-state index contributed by atoms with van der Waals surface area (Å²) in [7, 11) is 3.49. The van der Waals surface area contributed by atoms with Gasteiger partial charge >= 0.3 is 5.63 Å². The maximum absolute atomic E-state index is 12.0. The molecule has 0 radical (unpaired) electrons. The van der Waals surface area contributed by atoms with Crippen LogP contribution in [0, 0.1) is 0 Å². The van der Waals surface area contributed by atoms with Gasteiger partial charge in [-0.2, -0.15) is 0 Å². The van der Waals surface area contributed by atoms with Crippen molar-refractivity contribution in [2.75, 3.05) is 20.6 Å². The normalized spacial score (nSPS) is 11.1. The quantitative estimate of drug-likeness (QED) is 0.652. The van der Waals surface area contributed by atoms with Crippen LogP contribution in [0.15, 0.2) is 33.5 Å². The summed E-state index contributed by atoms with van der Waals surface area (Å²) < 4.78 is 5.02. The van der Waals surface area contributed by atoms with Crippen molar-refractivity contribution in [3.05, 3.63) is 40.2 Å². The van der Waals surface area contributed by atoms with Crippen LogP contribution in [0.25, 0.3) is 11.0 Å². The van der Waals surface area contributed by atoms with Crippen molar-refractivity contribution in [1.82, 2.24) is 4.90 Å². The van der Waals surface area contributed by atoms with Crippen LogP contribution in [0.2, 0.25) is 0 Å². The second kappa shape index (κ2) is 4.62. The molecule has 1 aromatic heterocycles. The van der Waals surface area contributed by atoms with Crippen molar-refractivity contribution in [3.8, 4) is 5.75 Å². The molecule has 1 aromatic carbocycles. The lowest BCUT2D eigenvalue weighted by Gasteiger charge is -2.10. The molecular formula is C13H13NO4. The summed E-state index contributed by atoms with van der Waals surface area (Å²) in [6, 6.07) is 5.86. The first-order chi connectivity index (χ1) is 8.49. The Balaban J connectivity index is 2.67. The van der Waals surface area contributed by atoms with E-state index >= 15 is 0 Å². The lowest BCUT2D eigenvalue weighted by Crippen LogP contribution is -2.22. The molecule has 0 atom stereocenters. The number of phenols is 1. The maximum Gasteiger partial charge on any atom is 0.336 e. The van der Waals surface area contributed by atoms with Gasteiger partial charge in [-0.25, -0.2) is 4.79 Å². The molecule has 5 heteroatoms. The summed E-state index contributed by atoms with van der Waals surface area (Å²) in [5.74, 6) is -0.471. The van der Waals surface area contributed by atoms with Gasteiger partial charge in [0.1, 0.15) is 11.3 Å². The van der Waals surface area contributed by atoms with Gasteiger partial charge in [-0.05, 0) is 32.3 Å². The summed E-state index contributed by atoms with van der Waals surface area (Å²) >= 11 is 0. The van der Waals surface area contributed by atoms with Gasteiger partial charge in [-0.1, -0.05) is 0 Å². The Labute approximate surface area is 103 Å². The molecule has 0 unspecified atom stereocenters. The summed E-state index contributed by atoms with van der Waals surface area (Å²) in [4.78, 5) is 24.9. The van der Waals surface area contributed by atoms with Crippen molar-refractivity contribution >= 4 is 16.8 Å². The van der Waals surface area contributed by atoms with Crippen molar-refractivity contribution in [1.29, 1.82) is 0 Å². The highest BCUT2D eigenvalue weighted by molar-refractivity contribution is 6.09. The average molecular weight is 247 g/mol. The average Bonchev–Trinajstić information content (AvgIpc) is 2.27. The SMILES string of the molecule is CN(C)CC(=O)c1c(O)ccc2ccc(=O)oc12. The van der Waals surface area contributed by atoms with Crippen molar-refractivity contribution in [2.45, 2.75) is 0 Å². The predicted molar refractivity (Wildman–Crippen MR) is 67.0 cm³/mol. The van der Waals surface area contributed by atoms with Gasteiger partial charge in [0, 0.05) is 11.5 Å². The first kappa shape index (κ1) is 12.3. The molecule has 0 bridgehead atoms. The number of hydrogen-bond donors (Lipinski definition) is 1. The Kier molecular flexibility index (Phi) is 3.16. The van der Waals surface area contributed by atoms with E-state index in [1.54, 1.807) is 31.1 Å². The predicted octanol–water partition coefficient (Wildman–Crippen LogP) is 1.24. The van der Waals surface area contributed by atoms with Crippen LogP contribution in [0.4, 0.5) is 0 Å². The Bertz CT molecular complexity index is 658. The largest absolute Gasteiger partial charge is 0.507 e. The fraction of sp³-hybridized carbons (Fsp3) is 0.231. The maximum atomic E-state index is 12.0. The van der Waals surface area contributed by atoms with Gasteiger partial charge in [-0.3, -0.25) is 4.79 Å². The lowest BCUT2D eigenvalue weighted by atomic mass is 10.1. The van der Waals surface area contributed by atoms with Crippen LogP contribution in [0.5, 0.6) is 5.75 Å². The number of aromatic hydroxyl groups is 1. The van der Waals surface area contributed by atoms with E-state index in [1.807, 2.05) is 0 Å². The highest BCUT2D eigenvalue weighted by Crippen LogP contribution is 2.26. The molecule has 0 fully saturated rings. The summed E-state index contributed by atoms with van der Waals surface area (Å²) in [5, 5.41) is 10.4. The number of phenolic OH excluding ortho intramolecular Hbond substituents is 1. The van der Waals surface area contributed by atoms with Crippen LogP contribution < -0.4 is 5.63 Å². The minimum absolute atomic E-state index is 0.0545. The summed E-state index contributed by atoms with van der Waals surface area (Å²) in [6.45, 7) is 0.130. The summed E-state index contributed by atoms with van der Waals surface area (Å²) in [6.07, 6.45) is 0. The molecule has 0 amide bonds. The molecule has 0 saturated carbocycles. The molecule has 5 nitrogen and oxygen atoms in total. The minimum Gasteiger partial charge on any atom is -0.507 e. The van der Waals surface area contributed by atoms with E-state index in [9.17, 15) is 14.7 Å². The molecule has 2 aromatic rings. The van der Waals surface area contributed by atoms with Gasteiger partial charge in [0.25, 0.3) is 0 Å². The van der Waals surface area contributed by atoms with E-state index in [2.05, 4.69) is 0 Å². The first-order valence-electron chi connectivity index (χ1n) is 5.43. The van der Waals surface area contributed by atoms with Gasteiger partial charge in [0.15, 0.2) is 11.4 Å². The van der Waals surface area contributed by atoms with Crippen LogP contribution in [-0.2, 0) is 0 Å². The van der Waals surface area contributed by atoms with E-state index in [0.29, 0.717) is 5.39 Å². The lowest BCUT2D eigenvalue weighted by molar-refractivity contribution is 0.0956. The third-order valence-electron chi connectivity index (χ3n) is 2.51. The monoisotopic (exact) mass is 247 g/mol. The number of rotatable bonds is 3. The van der Waals surface area contributed by atoms with Crippen LogP contribution >= 0.6 is 0 Å². The van der Waals surface area contributed by atoms with Crippen LogP contribution in [0.3, 0.4) is 0 Å². The zero-order valence-electron chi connectivity index (χ0n) is 10.1. The molecule has 0 spiro atoms. The molecule has 0 saturated heterocycles. The second-order valence-corrected chi connectivity index (χ2v) is 4.29. The highest BCUT2D eigenvalue weighted by atomic mass is 16.4. The summed E-state index contributed by atoms with van der Waals surface area (Å²) in [5.41, 5.74) is -0.361. The number of ketones is 1. The zero-order valence-corrected chi connectivity index (χ0v) is 10.1. The van der Waals surface area contributed by atoms with E-state index < -0.39 is 5.63 Å². The topological polar surface area (TPSA) is 70.8 Å². The molecule has 2 rings (SSSR count). The van der Waals surface area contributed by atoms with Gasteiger partial charge in [0.05, 0.1) is 6.54 Å². The number of carbonyl (C=O) groups is 1. The van der Waals surface area contributed by atoms with E-state index in [0.717, 1.165) is 0 Å². The fourth-order valence-electron chi connectivity index (χ4n) is 1.76. The van der Waals surface area contributed by atoms with Gasteiger partial charge < -0.3 is 14.4 Å². The Hall–Kier alpha value is -2.14. The smallest absolute Gasteiger partial charge is 0.336 e. The Morgan fingerprint density at radius 3 is 2.61 bits per heavy atom. The number of nitrogens with zero attached hydrogens (tertiary/aromatic N) is 1. The van der Waals surface area contributed by atoms with Crippen molar-refractivity contribution in [2.24, 2.45) is 0 Å². The third-order valence-corrected chi connectivity index (χ3v) is 2.51. The number of carbonyl (C=O) groups excluding carboxylic acids is 1. The number of likely N-dealkylation sites (N-methyl/N-ethyl adjacent to an activating group) is 1. The molecule has 1 N–H and O–H groups in total.